The van der Waals surface area contributed by atoms with Gasteiger partial charge in [-0.1, -0.05) is 30.9 Å². The maximum absolute atomic E-state index is 13.0. The van der Waals surface area contributed by atoms with Crippen molar-refractivity contribution in [2.75, 3.05) is 32.7 Å². The summed E-state index contributed by atoms with van der Waals surface area (Å²) < 4.78 is 27.6. The number of hydrogen-bond donors (Lipinski definition) is 1. The molecule has 0 radical (unpaired) electrons. The van der Waals surface area contributed by atoms with Gasteiger partial charge < -0.3 is 5.32 Å². The lowest BCUT2D eigenvalue weighted by atomic mass is 10.0. The van der Waals surface area contributed by atoms with Gasteiger partial charge >= 0.3 is 0 Å². The van der Waals surface area contributed by atoms with Gasteiger partial charge in [0, 0.05) is 32.2 Å². The SMILES string of the molecule is C[C@H]1CCCCN1CCNC(=O)c1cc(S(=O)(=O)N2CCCCCC2)ccc1Cl. The highest BCUT2D eigenvalue weighted by Gasteiger charge is 2.26. The Bertz CT molecular complexity index is 807. The third-order valence-electron chi connectivity index (χ3n) is 6.01. The summed E-state index contributed by atoms with van der Waals surface area (Å²) in [6.45, 7) is 5.64. The summed E-state index contributed by atoms with van der Waals surface area (Å²) in [7, 11) is -3.62. The van der Waals surface area contributed by atoms with E-state index in [9.17, 15) is 13.2 Å². The van der Waals surface area contributed by atoms with Crippen LogP contribution in [0.3, 0.4) is 0 Å². The quantitative estimate of drug-likeness (QED) is 0.733. The summed E-state index contributed by atoms with van der Waals surface area (Å²) in [5.74, 6) is -0.326. The topological polar surface area (TPSA) is 69.7 Å². The van der Waals surface area contributed by atoms with Crippen molar-refractivity contribution in [2.45, 2.75) is 62.8 Å². The Balaban J connectivity index is 1.67. The summed E-state index contributed by atoms with van der Waals surface area (Å²) in [6.07, 6.45) is 7.49. The molecule has 3 rings (SSSR count). The minimum atomic E-state index is -3.62. The fourth-order valence-electron chi connectivity index (χ4n) is 4.17. The zero-order valence-electron chi connectivity index (χ0n) is 17.2. The number of carbonyl (C=O) groups excluding carboxylic acids is 1. The van der Waals surface area contributed by atoms with Crippen LogP contribution in [0.15, 0.2) is 23.1 Å². The average Bonchev–Trinajstić information content (AvgIpc) is 2.99. The standard InChI is InChI=1S/C21H32ClN3O3S/c1-17-8-4-7-12-24(17)15-11-23-21(26)19-16-18(9-10-20(19)22)29(27,28)25-13-5-2-3-6-14-25/h9-10,16-17H,2-8,11-15H2,1H3,(H,23,26)/t17-/m0/s1. The molecule has 2 saturated heterocycles. The molecule has 8 heteroatoms. The first-order valence-electron chi connectivity index (χ1n) is 10.7. The van der Waals surface area contributed by atoms with Gasteiger partial charge in [-0.2, -0.15) is 4.31 Å². The number of hydrogen-bond acceptors (Lipinski definition) is 4. The molecule has 2 aliphatic rings. The largest absolute Gasteiger partial charge is 0.351 e. The van der Waals surface area contributed by atoms with Gasteiger partial charge in [-0.15, -0.1) is 0 Å². The van der Waals surface area contributed by atoms with E-state index in [2.05, 4.69) is 17.1 Å². The predicted octanol–water partition coefficient (Wildman–Crippen LogP) is 3.51. The van der Waals surface area contributed by atoms with E-state index >= 15 is 0 Å². The second-order valence-electron chi connectivity index (χ2n) is 8.10. The van der Waals surface area contributed by atoms with Crippen LogP contribution in [0.4, 0.5) is 0 Å². The smallest absolute Gasteiger partial charge is 0.252 e. The van der Waals surface area contributed by atoms with Crippen LogP contribution in [0, 0.1) is 0 Å². The fourth-order valence-corrected chi connectivity index (χ4v) is 5.92. The van der Waals surface area contributed by atoms with E-state index in [-0.39, 0.29) is 21.4 Å². The van der Waals surface area contributed by atoms with E-state index in [1.54, 1.807) is 0 Å². The molecule has 6 nitrogen and oxygen atoms in total. The van der Waals surface area contributed by atoms with Crippen molar-refractivity contribution in [3.63, 3.8) is 0 Å². The van der Waals surface area contributed by atoms with Crippen molar-refractivity contribution in [3.8, 4) is 0 Å². The predicted molar refractivity (Wildman–Crippen MR) is 116 cm³/mol. The first-order chi connectivity index (χ1) is 13.9. The van der Waals surface area contributed by atoms with Gasteiger partial charge in [0.15, 0.2) is 0 Å². The number of amides is 1. The number of likely N-dealkylation sites (tertiary alicyclic amines) is 1. The van der Waals surface area contributed by atoms with Crippen LogP contribution in [0.2, 0.25) is 5.02 Å². The Morgan fingerprint density at radius 3 is 2.48 bits per heavy atom. The molecule has 0 unspecified atom stereocenters. The minimum Gasteiger partial charge on any atom is -0.351 e. The van der Waals surface area contributed by atoms with Crippen molar-refractivity contribution in [1.82, 2.24) is 14.5 Å². The molecule has 0 aliphatic carbocycles. The lowest BCUT2D eigenvalue weighted by Crippen LogP contribution is -2.42. The maximum atomic E-state index is 13.0. The number of sulfonamides is 1. The first kappa shape index (κ1) is 22.5. The highest BCUT2D eigenvalue weighted by molar-refractivity contribution is 7.89. The Morgan fingerprint density at radius 2 is 1.79 bits per heavy atom. The van der Waals surface area contributed by atoms with Crippen molar-refractivity contribution in [3.05, 3.63) is 28.8 Å². The van der Waals surface area contributed by atoms with Gasteiger partial charge in [0.25, 0.3) is 5.91 Å². The van der Waals surface area contributed by atoms with Crippen molar-refractivity contribution >= 4 is 27.5 Å². The molecular formula is C21H32ClN3O3S. The van der Waals surface area contributed by atoms with Crippen LogP contribution in [0.5, 0.6) is 0 Å². The van der Waals surface area contributed by atoms with Crippen LogP contribution in [-0.2, 0) is 10.0 Å². The highest BCUT2D eigenvalue weighted by atomic mass is 35.5. The van der Waals surface area contributed by atoms with E-state index in [1.165, 1.54) is 41.8 Å². The van der Waals surface area contributed by atoms with Crippen LogP contribution in [-0.4, -0.2) is 62.3 Å². The van der Waals surface area contributed by atoms with Crippen molar-refractivity contribution in [1.29, 1.82) is 0 Å². The molecule has 1 aromatic carbocycles. The number of halogens is 1. The normalized spacial score (nSPS) is 22.2. The third kappa shape index (κ3) is 5.72. The molecule has 0 saturated carbocycles. The number of carbonyl (C=O) groups is 1. The summed E-state index contributed by atoms with van der Waals surface area (Å²) in [5, 5.41) is 3.17. The number of rotatable bonds is 6. The van der Waals surface area contributed by atoms with Crippen LogP contribution >= 0.6 is 11.6 Å². The van der Waals surface area contributed by atoms with Gasteiger partial charge in [0.1, 0.15) is 0 Å². The van der Waals surface area contributed by atoms with E-state index in [0.29, 0.717) is 25.7 Å². The first-order valence-corrected chi connectivity index (χ1v) is 12.5. The molecule has 1 atom stereocenters. The molecule has 1 aromatic rings. The zero-order valence-corrected chi connectivity index (χ0v) is 18.8. The Hall–Kier alpha value is -1.15. The van der Waals surface area contributed by atoms with Gasteiger partial charge in [0.05, 0.1) is 15.5 Å². The summed E-state index contributed by atoms with van der Waals surface area (Å²) in [5.41, 5.74) is 0.217. The van der Waals surface area contributed by atoms with Crippen LogP contribution in [0.25, 0.3) is 0 Å². The van der Waals surface area contributed by atoms with Crippen molar-refractivity contribution in [2.24, 2.45) is 0 Å². The van der Waals surface area contributed by atoms with Crippen LogP contribution < -0.4 is 5.32 Å². The molecular weight excluding hydrogens is 410 g/mol. The fraction of sp³-hybridized carbons (Fsp3) is 0.667. The monoisotopic (exact) mass is 441 g/mol. The second kappa shape index (κ2) is 10.2. The summed E-state index contributed by atoms with van der Waals surface area (Å²) >= 11 is 6.22. The second-order valence-corrected chi connectivity index (χ2v) is 10.4. The number of piperidine rings is 1. The van der Waals surface area contributed by atoms with Gasteiger partial charge in [-0.05, 0) is 57.4 Å². The van der Waals surface area contributed by atoms with Crippen LogP contribution in [0.1, 0.15) is 62.2 Å². The third-order valence-corrected chi connectivity index (χ3v) is 8.23. The molecule has 0 aromatic heterocycles. The molecule has 0 spiro atoms. The minimum absolute atomic E-state index is 0.138. The van der Waals surface area contributed by atoms with E-state index < -0.39 is 10.0 Å². The van der Waals surface area contributed by atoms with Crippen molar-refractivity contribution < 1.29 is 13.2 Å². The van der Waals surface area contributed by atoms with E-state index in [0.717, 1.165) is 38.8 Å². The van der Waals surface area contributed by atoms with Gasteiger partial charge in [-0.3, -0.25) is 9.69 Å². The molecule has 2 fully saturated rings. The molecule has 2 aliphatic heterocycles. The number of benzene rings is 1. The maximum Gasteiger partial charge on any atom is 0.252 e. The molecule has 1 N–H and O–H groups in total. The summed E-state index contributed by atoms with van der Waals surface area (Å²) in [4.78, 5) is 15.2. The zero-order chi connectivity index (χ0) is 20.9. The van der Waals surface area contributed by atoms with E-state index in [1.807, 2.05) is 0 Å². The molecule has 29 heavy (non-hydrogen) atoms. The number of nitrogens with one attached hydrogen (secondary N) is 1. The Kier molecular flexibility index (Phi) is 7.96. The summed E-state index contributed by atoms with van der Waals surface area (Å²) in [6, 6.07) is 4.95. The van der Waals surface area contributed by atoms with E-state index in [4.69, 9.17) is 11.6 Å². The molecule has 0 bridgehead atoms. The molecule has 162 valence electrons. The molecule has 2 heterocycles. The van der Waals surface area contributed by atoms with Gasteiger partial charge in [0.2, 0.25) is 10.0 Å². The lowest BCUT2D eigenvalue weighted by Gasteiger charge is -2.33. The van der Waals surface area contributed by atoms with Gasteiger partial charge in [-0.25, -0.2) is 8.42 Å². The average molecular weight is 442 g/mol. The number of nitrogens with zero attached hydrogens (tertiary/aromatic N) is 2. The highest BCUT2D eigenvalue weighted by Crippen LogP contribution is 2.25. The Morgan fingerprint density at radius 1 is 1.10 bits per heavy atom. The lowest BCUT2D eigenvalue weighted by molar-refractivity contribution is 0.0938. The molecule has 1 amide bonds. The Labute approximate surface area is 179 Å².